The van der Waals surface area contributed by atoms with Gasteiger partial charge in [-0.1, -0.05) is 101 Å². The van der Waals surface area contributed by atoms with Crippen LogP contribution in [0.3, 0.4) is 0 Å². The van der Waals surface area contributed by atoms with Gasteiger partial charge in [0.15, 0.2) is 36.8 Å². The van der Waals surface area contributed by atoms with Gasteiger partial charge >= 0.3 is 23.9 Å². The Balaban J connectivity index is 1.33. The fraction of sp³-hybridized carbons (Fsp3) is 0.355. The number of benzene rings is 4. The van der Waals surface area contributed by atoms with Crippen molar-refractivity contribution in [1.29, 1.82) is 0 Å². The largest absolute Gasteiger partial charge is 0.606 e. The molecule has 2 unspecified atom stereocenters. The highest BCUT2D eigenvalue weighted by Crippen LogP contribution is 2.40. The number of fused-ring (bicyclic) bond motifs is 1. The van der Waals surface area contributed by atoms with Gasteiger partial charge in [0.1, 0.15) is 46.3 Å². The molecule has 0 aliphatic carbocycles. The zero-order valence-electron chi connectivity index (χ0n) is 49.0. The Bertz CT molecular complexity index is 3390. The van der Waals surface area contributed by atoms with Gasteiger partial charge in [-0.2, -0.15) is 0 Å². The lowest BCUT2D eigenvalue weighted by atomic mass is 10.1. The highest BCUT2D eigenvalue weighted by atomic mass is 32.2. The van der Waals surface area contributed by atoms with Gasteiger partial charge in [0.05, 0.1) is 37.7 Å². The van der Waals surface area contributed by atoms with Crippen LogP contribution in [0.5, 0.6) is 11.5 Å². The van der Waals surface area contributed by atoms with Crippen LogP contribution in [0.15, 0.2) is 139 Å². The van der Waals surface area contributed by atoms with Gasteiger partial charge in [-0.05, 0) is 121 Å². The Morgan fingerprint density at radius 1 is 0.512 bits per heavy atom. The molecule has 2 aromatic heterocycles. The molecule has 4 aromatic carbocycles. The maximum Gasteiger partial charge on any atom is 0.328 e. The van der Waals surface area contributed by atoms with Crippen LogP contribution < -0.4 is 20.2 Å². The number of unbranched alkanes of at least 4 members (excludes halogenated alkanes) is 6. The summed E-state index contributed by atoms with van der Waals surface area (Å²) in [7, 11) is -5.47. The average Bonchev–Trinajstić information content (AvgIpc) is 1.52. The van der Waals surface area contributed by atoms with Crippen molar-refractivity contribution in [1.82, 2.24) is 8.47 Å². The SMILES string of the molecule is C[Si](C)(C)n1c(-c2ccc(OCCCCCCSC(C(=O)O)C(=O)O)cc2)c2/c(=C(/C3=NC=NC3)[S+]([O-])c3ccccc3)n([Si](C)(C)C)c(-c3ccc(OCCCCCCSC(C(=O)O)C(=O)O)cc3)c2/c1=C(/C1=NC=NC1)[S+]([O-])c1ccccc1. The molecule has 86 heavy (non-hydrogen) atoms. The smallest absolute Gasteiger partial charge is 0.328 e. The van der Waals surface area contributed by atoms with E-state index < -0.39 is 73.2 Å². The topological polar surface area (TPSA) is 273 Å². The van der Waals surface area contributed by atoms with Crippen molar-refractivity contribution >= 4 is 131 Å². The Labute approximate surface area is 516 Å². The summed E-state index contributed by atoms with van der Waals surface area (Å²) in [6.45, 7) is 14.8. The predicted octanol–water partition coefficient (Wildman–Crippen LogP) is 10.4. The first kappa shape index (κ1) is 65.3. The van der Waals surface area contributed by atoms with Crippen LogP contribution in [0.1, 0.15) is 51.4 Å². The first-order valence-electron chi connectivity index (χ1n) is 28.4. The fourth-order valence-corrected chi connectivity index (χ4v) is 18.5. The van der Waals surface area contributed by atoms with Crippen LogP contribution in [0, 0.1) is 0 Å². The molecule has 0 amide bonds. The molecule has 0 spiro atoms. The number of hydrogen-bond donors (Lipinski definition) is 4. The lowest BCUT2D eigenvalue weighted by molar-refractivity contribution is -0.148. The molecule has 454 valence electrons. The summed E-state index contributed by atoms with van der Waals surface area (Å²) < 4.78 is 49.4. The number of carboxylic acid groups (broad SMARTS) is 4. The van der Waals surface area contributed by atoms with Crippen molar-refractivity contribution in [3.63, 3.8) is 0 Å². The van der Waals surface area contributed by atoms with Gasteiger partial charge in [-0.15, -0.1) is 23.5 Å². The van der Waals surface area contributed by atoms with Gasteiger partial charge in [0.25, 0.3) is 0 Å². The first-order valence-corrected chi connectivity index (χ1v) is 39.7. The molecule has 0 saturated heterocycles. The maximum atomic E-state index is 15.9. The van der Waals surface area contributed by atoms with Gasteiger partial charge in [0, 0.05) is 33.1 Å². The quantitative estimate of drug-likeness (QED) is 0.0132. The van der Waals surface area contributed by atoms with E-state index in [1.807, 2.05) is 109 Å². The van der Waals surface area contributed by atoms with Gasteiger partial charge < -0.3 is 47.5 Å². The van der Waals surface area contributed by atoms with Crippen LogP contribution in [-0.2, 0) is 41.5 Å². The number of rotatable bonds is 32. The molecule has 4 N–H and O–H groups in total. The molecule has 6 aromatic rings. The molecule has 8 rings (SSSR count). The molecule has 0 fully saturated rings. The number of ether oxygens (including phenoxy) is 2. The minimum Gasteiger partial charge on any atom is -0.606 e. The molecular formula is C62H72N6O12S4Si2. The molecule has 2 aliphatic heterocycles. The number of thioether (sulfide) groups is 2. The minimum absolute atomic E-state index is 0.198. The predicted molar refractivity (Wildman–Crippen MR) is 353 cm³/mol. The van der Waals surface area contributed by atoms with Crippen molar-refractivity contribution in [3.05, 3.63) is 120 Å². The maximum absolute atomic E-state index is 15.9. The summed E-state index contributed by atoms with van der Waals surface area (Å²) in [5, 5.41) is 37.1. The van der Waals surface area contributed by atoms with E-state index in [1.54, 1.807) is 0 Å². The zero-order valence-corrected chi connectivity index (χ0v) is 54.2. The Morgan fingerprint density at radius 2 is 0.849 bits per heavy atom. The van der Waals surface area contributed by atoms with E-state index in [-0.39, 0.29) is 13.1 Å². The number of hydrogen-bond acceptors (Lipinski definition) is 14. The third-order valence-electron chi connectivity index (χ3n) is 14.1. The Morgan fingerprint density at radius 3 is 1.15 bits per heavy atom. The summed E-state index contributed by atoms with van der Waals surface area (Å²) in [5.41, 5.74) is 4.49. The lowest BCUT2D eigenvalue weighted by Crippen LogP contribution is -2.45. The third kappa shape index (κ3) is 15.7. The minimum atomic E-state index is -2.74. The van der Waals surface area contributed by atoms with Crippen LogP contribution in [0.25, 0.3) is 43.1 Å². The molecule has 4 heterocycles. The highest BCUT2D eigenvalue weighted by molar-refractivity contribution is 8.02. The van der Waals surface area contributed by atoms with Crippen LogP contribution in [0.2, 0.25) is 39.3 Å². The van der Waals surface area contributed by atoms with E-state index in [4.69, 9.17) is 19.5 Å². The van der Waals surface area contributed by atoms with E-state index in [9.17, 15) is 39.6 Å². The van der Waals surface area contributed by atoms with E-state index in [2.05, 4.69) is 57.7 Å². The third-order valence-corrected chi connectivity index (χ3v) is 23.2. The summed E-state index contributed by atoms with van der Waals surface area (Å²) >= 11 is -1.79. The summed E-state index contributed by atoms with van der Waals surface area (Å²) in [5.74, 6) is -3.29. The normalized spacial score (nSPS) is 14.8. The second-order valence-electron chi connectivity index (χ2n) is 22.5. The van der Waals surface area contributed by atoms with Crippen LogP contribution >= 0.6 is 23.5 Å². The molecule has 2 atom stereocenters. The van der Waals surface area contributed by atoms with E-state index in [0.717, 1.165) is 106 Å². The number of nitrogens with zero attached hydrogens (tertiary/aromatic N) is 6. The molecule has 0 bridgehead atoms. The van der Waals surface area contributed by atoms with Crippen molar-refractivity contribution in [3.8, 4) is 34.0 Å². The van der Waals surface area contributed by atoms with Crippen molar-refractivity contribution in [2.45, 2.75) is 111 Å². The number of aliphatic carboxylic acids is 4. The first-order chi connectivity index (χ1) is 41.2. The van der Waals surface area contributed by atoms with E-state index >= 15 is 9.11 Å². The molecule has 0 saturated carbocycles. The molecule has 24 heteroatoms. The summed E-state index contributed by atoms with van der Waals surface area (Å²) in [4.78, 5) is 66.5. The average molecular weight is 1280 g/mol. The van der Waals surface area contributed by atoms with E-state index in [1.165, 1.54) is 12.7 Å². The molecular weight excluding hydrogens is 1210 g/mol. The zero-order chi connectivity index (χ0) is 61.7. The molecule has 18 nitrogen and oxygen atoms in total. The van der Waals surface area contributed by atoms with Gasteiger partial charge in [-0.3, -0.25) is 29.2 Å². The van der Waals surface area contributed by atoms with E-state index in [0.29, 0.717) is 80.1 Å². The van der Waals surface area contributed by atoms with Gasteiger partial charge in [-0.25, -0.2) is 9.98 Å². The second-order valence-corrected chi connectivity index (χ2v) is 37.3. The number of carbonyl (C=O) groups is 4. The number of carboxylic acids is 4. The van der Waals surface area contributed by atoms with Gasteiger partial charge in [0.2, 0.25) is 9.81 Å². The number of aliphatic imine (C=N–C) groups is 4. The standard InChI is InChI=1S/C62H72N6O12S4Si2/c1-85(2,3)67-51(41-25-29-43(30-26-41)79-33-17-7-9-19-35-81-55(59(69)70)60(71)72)49-50(53(67)57(47-37-63-39-65-47)83(77)45-21-13-11-14-22-45)52(42-27-31-44(32-28-42)80-34-18-8-10-20-36-82-56(61(73)74)62(75)76)68(86(4,5)6)54(49)58(48-38-64-40-66-48)84(78)46-23-15-12-16-24-46/h11-16,21-32,39-40,55-56H,7-10,17-20,33-38H2,1-6H3,(H,69,70)(H,71,72)(H,73,74)(H,75,76)/b57-53+,58-54+. The van der Waals surface area contributed by atoms with Crippen molar-refractivity contribution < 1.29 is 58.2 Å². The van der Waals surface area contributed by atoms with Crippen LogP contribution in [-0.4, -0.2) is 151 Å². The monoisotopic (exact) mass is 1280 g/mol. The Hall–Kier alpha value is -6.65. The van der Waals surface area contributed by atoms with Crippen molar-refractivity contribution in [2.75, 3.05) is 37.8 Å². The summed E-state index contributed by atoms with van der Waals surface area (Å²) in [6.07, 6.45) is 9.04. The lowest BCUT2D eigenvalue weighted by Gasteiger charge is -2.28. The van der Waals surface area contributed by atoms with Crippen LogP contribution in [0.4, 0.5) is 0 Å². The molecule has 0 radical (unpaired) electrons. The fourth-order valence-electron chi connectivity index (χ4n) is 10.3. The number of aromatic nitrogens is 2. The molecule has 2 aliphatic rings. The summed E-state index contributed by atoms with van der Waals surface area (Å²) in [6, 6.07) is 34.8. The second kappa shape index (κ2) is 29.8. The highest BCUT2D eigenvalue weighted by Gasteiger charge is 2.41. The Kier molecular flexibility index (Phi) is 22.7. The van der Waals surface area contributed by atoms with Crippen molar-refractivity contribution in [2.24, 2.45) is 20.0 Å².